The maximum atomic E-state index is 11.2. The average Bonchev–Trinajstić information content (AvgIpc) is 2.27. The lowest BCUT2D eigenvalue weighted by Crippen LogP contribution is -2.20. The topological polar surface area (TPSA) is 32.3 Å². The zero-order valence-electron chi connectivity index (χ0n) is 8.59. The number of amides is 1. The Bertz CT molecular complexity index is 392. The maximum Gasteiger partial charge on any atom is 0.224 e. The minimum atomic E-state index is 0.0981. The minimum Gasteiger partial charge on any atom is -0.361 e. The molecule has 0 saturated carbocycles. The van der Waals surface area contributed by atoms with Crippen molar-refractivity contribution in [3.8, 4) is 0 Å². The minimum absolute atomic E-state index is 0.0981. The van der Waals surface area contributed by atoms with E-state index in [1.165, 1.54) is 5.56 Å². The second-order valence-electron chi connectivity index (χ2n) is 3.71. The molecular weight excluding hydrogens is 212 g/mol. The molecule has 0 atom stereocenters. The number of hydrogen-bond acceptors (Lipinski definition) is 2. The van der Waals surface area contributed by atoms with Gasteiger partial charge in [0.15, 0.2) is 0 Å². The van der Waals surface area contributed by atoms with Crippen molar-refractivity contribution in [1.29, 1.82) is 0 Å². The van der Waals surface area contributed by atoms with Gasteiger partial charge in [0.05, 0.1) is 6.00 Å². The summed E-state index contributed by atoms with van der Waals surface area (Å²) in [4.78, 5) is 13.1. The number of alkyl halides is 1. The Morgan fingerprint density at radius 2 is 2.27 bits per heavy atom. The Kier molecular flexibility index (Phi) is 2.82. The first-order valence-electron chi connectivity index (χ1n) is 4.90. The predicted octanol–water partition coefficient (Wildman–Crippen LogP) is 2.20. The third kappa shape index (κ3) is 2.07. The summed E-state index contributed by atoms with van der Waals surface area (Å²) in [6.07, 6.45) is 1.38. The highest BCUT2D eigenvalue weighted by molar-refractivity contribution is 6.19. The van der Waals surface area contributed by atoms with Gasteiger partial charge in [-0.15, -0.1) is 11.6 Å². The van der Waals surface area contributed by atoms with Crippen LogP contribution in [-0.2, 0) is 11.2 Å². The molecule has 1 heterocycles. The van der Waals surface area contributed by atoms with Gasteiger partial charge in [0.1, 0.15) is 0 Å². The van der Waals surface area contributed by atoms with Crippen LogP contribution in [0.2, 0.25) is 0 Å². The molecule has 1 amide bonds. The van der Waals surface area contributed by atoms with E-state index in [1.54, 1.807) is 0 Å². The molecule has 4 heteroatoms. The van der Waals surface area contributed by atoms with Crippen LogP contribution >= 0.6 is 11.6 Å². The number of anilines is 2. The molecule has 0 radical (unpaired) electrons. The summed E-state index contributed by atoms with van der Waals surface area (Å²) in [7, 11) is 1.94. The van der Waals surface area contributed by atoms with E-state index < -0.39 is 0 Å². The summed E-state index contributed by atoms with van der Waals surface area (Å²) in [6.45, 7) is 0. The Morgan fingerprint density at radius 1 is 1.47 bits per heavy atom. The van der Waals surface area contributed by atoms with Crippen LogP contribution in [0.3, 0.4) is 0 Å². The Labute approximate surface area is 94.0 Å². The molecule has 1 aliphatic rings. The van der Waals surface area contributed by atoms with Crippen LogP contribution in [0.25, 0.3) is 0 Å². The first-order valence-corrected chi connectivity index (χ1v) is 5.44. The van der Waals surface area contributed by atoms with E-state index in [9.17, 15) is 4.79 Å². The van der Waals surface area contributed by atoms with Crippen molar-refractivity contribution in [1.82, 2.24) is 0 Å². The number of benzene rings is 1. The molecule has 0 aliphatic carbocycles. The van der Waals surface area contributed by atoms with E-state index >= 15 is 0 Å². The SMILES string of the molecule is CN(CCl)c1ccc2c(c1)CCC(=O)N2. The summed E-state index contributed by atoms with van der Waals surface area (Å²) in [5, 5.41) is 2.85. The van der Waals surface area contributed by atoms with Crippen molar-refractivity contribution in [2.75, 3.05) is 23.3 Å². The first kappa shape index (κ1) is 10.3. The van der Waals surface area contributed by atoms with E-state index in [-0.39, 0.29) is 5.91 Å². The highest BCUT2D eigenvalue weighted by Gasteiger charge is 2.15. The third-order valence-corrected chi connectivity index (χ3v) is 2.96. The van der Waals surface area contributed by atoms with Gasteiger partial charge in [-0.05, 0) is 30.2 Å². The van der Waals surface area contributed by atoms with Crippen molar-refractivity contribution in [2.45, 2.75) is 12.8 Å². The normalized spacial score (nSPS) is 14.4. The number of nitrogens with zero attached hydrogens (tertiary/aromatic N) is 1. The Morgan fingerprint density at radius 3 is 3.00 bits per heavy atom. The van der Waals surface area contributed by atoms with Crippen molar-refractivity contribution in [3.63, 3.8) is 0 Å². The van der Waals surface area contributed by atoms with Crippen molar-refractivity contribution < 1.29 is 4.79 Å². The lowest BCUT2D eigenvalue weighted by atomic mass is 10.0. The fourth-order valence-corrected chi connectivity index (χ4v) is 1.81. The van der Waals surface area contributed by atoms with Gasteiger partial charge in [0, 0.05) is 24.8 Å². The summed E-state index contributed by atoms with van der Waals surface area (Å²) in [5.74, 6) is 0.0981. The van der Waals surface area contributed by atoms with Gasteiger partial charge in [0.2, 0.25) is 5.91 Å². The van der Waals surface area contributed by atoms with Gasteiger partial charge in [-0.3, -0.25) is 4.79 Å². The zero-order chi connectivity index (χ0) is 10.8. The second kappa shape index (κ2) is 4.11. The Hall–Kier alpha value is -1.22. The van der Waals surface area contributed by atoms with Gasteiger partial charge in [0.25, 0.3) is 0 Å². The predicted molar refractivity (Wildman–Crippen MR) is 62.5 cm³/mol. The van der Waals surface area contributed by atoms with E-state index in [1.807, 2.05) is 24.1 Å². The first-order chi connectivity index (χ1) is 7.20. The lowest BCUT2D eigenvalue weighted by molar-refractivity contribution is -0.116. The molecule has 0 unspecified atom stereocenters. The smallest absolute Gasteiger partial charge is 0.224 e. The molecule has 15 heavy (non-hydrogen) atoms. The fourth-order valence-electron chi connectivity index (χ4n) is 1.68. The quantitative estimate of drug-likeness (QED) is 0.617. The molecule has 0 fully saturated rings. The summed E-state index contributed by atoms with van der Waals surface area (Å²) in [6, 6.07) is 6.44. The van der Waals surface area contributed by atoms with Gasteiger partial charge < -0.3 is 10.2 Å². The molecule has 0 saturated heterocycles. The molecule has 0 bridgehead atoms. The number of rotatable bonds is 2. The molecule has 3 nitrogen and oxygen atoms in total. The lowest BCUT2D eigenvalue weighted by Gasteiger charge is -2.21. The molecule has 2 rings (SSSR count). The van der Waals surface area contributed by atoms with E-state index in [0.717, 1.165) is 17.8 Å². The molecule has 1 N–H and O–H groups in total. The number of aryl methyl sites for hydroxylation is 1. The van der Waals surface area contributed by atoms with Crippen LogP contribution in [0.1, 0.15) is 12.0 Å². The van der Waals surface area contributed by atoms with Crippen LogP contribution in [0.15, 0.2) is 18.2 Å². The number of carbonyl (C=O) groups is 1. The summed E-state index contributed by atoms with van der Waals surface area (Å²) >= 11 is 5.75. The number of carbonyl (C=O) groups excluding carboxylic acids is 1. The average molecular weight is 225 g/mol. The van der Waals surface area contributed by atoms with Crippen LogP contribution in [0.4, 0.5) is 11.4 Å². The van der Waals surface area contributed by atoms with E-state index in [0.29, 0.717) is 12.4 Å². The molecule has 1 aliphatic heterocycles. The van der Waals surface area contributed by atoms with Crippen molar-refractivity contribution in [2.24, 2.45) is 0 Å². The summed E-state index contributed by atoms with van der Waals surface area (Å²) < 4.78 is 0. The zero-order valence-corrected chi connectivity index (χ0v) is 9.34. The molecular formula is C11H13ClN2O. The maximum absolute atomic E-state index is 11.2. The highest BCUT2D eigenvalue weighted by Crippen LogP contribution is 2.27. The highest BCUT2D eigenvalue weighted by atomic mass is 35.5. The van der Waals surface area contributed by atoms with Crippen molar-refractivity contribution >= 4 is 28.9 Å². The monoisotopic (exact) mass is 224 g/mol. The van der Waals surface area contributed by atoms with Gasteiger partial charge >= 0.3 is 0 Å². The van der Waals surface area contributed by atoms with E-state index in [4.69, 9.17) is 11.6 Å². The third-order valence-electron chi connectivity index (χ3n) is 2.60. The molecule has 0 spiro atoms. The van der Waals surface area contributed by atoms with Crippen molar-refractivity contribution in [3.05, 3.63) is 23.8 Å². The Balaban J connectivity index is 2.30. The van der Waals surface area contributed by atoms with Crippen LogP contribution < -0.4 is 10.2 Å². The fraction of sp³-hybridized carbons (Fsp3) is 0.364. The molecule has 0 aromatic heterocycles. The molecule has 1 aromatic rings. The van der Waals surface area contributed by atoms with Crippen LogP contribution in [-0.4, -0.2) is 19.0 Å². The number of hydrogen-bond donors (Lipinski definition) is 1. The number of nitrogens with one attached hydrogen (secondary N) is 1. The van der Waals surface area contributed by atoms with E-state index in [2.05, 4.69) is 11.4 Å². The van der Waals surface area contributed by atoms with Gasteiger partial charge in [-0.2, -0.15) is 0 Å². The molecule has 1 aromatic carbocycles. The number of fused-ring (bicyclic) bond motifs is 1. The number of halogens is 1. The standard InChI is InChI=1S/C11H13ClN2O/c1-14(7-12)9-3-4-10-8(6-9)2-5-11(15)13-10/h3-4,6H,2,5,7H2,1H3,(H,13,15). The second-order valence-corrected chi connectivity index (χ2v) is 3.95. The molecule has 80 valence electrons. The van der Waals surface area contributed by atoms with Crippen LogP contribution in [0.5, 0.6) is 0 Å². The van der Waals surface area contributed by atoms with Gasteiger partial charge in [-0.25, -0.2) is 0 Å². The largest absolute Gasteiger partial charge is 0.361 e. The van der Waals surface area contributed by atoms with Gasteiger partial charge in [-0.1, -0.05) is 0 Å². The summed E-state index contributed by atoms with van der Waals surface area (Å²) in [5.41, 5.74) is 3.20. The van der Waals surface area contributed by atoms with Crippen LogP contribution in [0, 0.1) is 0 Å².